The number of nitrogens with one attached hydrogen (secondary N) is 1. The normalized spacial score (nSPS) is 17.6. The molecule has 0 bridgehead atoms. The van der Waals surface area contributed by atoms with Crippen LogP contribution in [0.4, 0.5) is 5.69 Å². The smallest absolute Gasteiger partial charge is 0.244 e. The lowest BCUT2D eigenvalue weighted by atomic mass is 10.2. The summed E-state index contributed by atoms with van der Waals surface area (Å²) in [6.07, 6.45) is 5.75. The van der Waals surface area contributed by atoms with E-state index in [4.69, 9.17) is 0 Å². The summed E-state index contributed by atoms with van der Waals surface area (Å²) in [5.74, 6) is -0.0336. The molecule has 1 saturated heterocycles. The molecule has 0 spiro atoms. The highest BCUT2D eigenvalue weighted by Crippen LogP contribution is 2.24. The first-order valence-electron chi connectivity index (χ1n) is 8.15. The summed E-state index contributed by atoms with van der Waals surface area (Å²) in [6, 6.07) is 20.7. The summed E-state index contributed by atoms with van der Waals surface area (Å²) in [6.45, 7) is 1.75. The third kappa shape index (κ3) is 4.22. The molecule has 0 unspecified atom stereocenters. The summed E-state index contributed by atoms with van der Waals surface area (Å²) in [5.41, 5.74) is 2.28. The van der Waals surface area contributed by atoms with Crippen LogP contribution in [0.25, 0.3) is 6.08 Å². The van der Waals surface area contributed by atoms with Gasteiger partial charge in [0, 0.05) is 30.9 Å². The Bertz CT molecular complexity index is 652. The Kier molecular flexibility index (Phi) is 5.09. The second-order valence-electron chi connectivity index (χ2n) is 5.81. The maximum atomic E-state index is 12.0. The summed E-state index contributed by atoms with van der Waals surface area (Å²) in [7, 11) is 0. The van der Waals surface area contributed by atoms with Crippen molar-refractivity contribution >= 4 is 17.7 Å². The summed E-state index contributed by atoms with van der Waals surface area (Å²) < 4.78 is 0. The number of benzene rings is 2. The molecule has 3 nitrogen and oxygen atoms in total. The first-order valence-corrected chi connectivity index (χ1v) is 8.15. The minimum absolute atomic E-state index is 0.0336. The number of carbonyl (C=O) groups excluding carboxylic acids is 1. The third-order valence-electron chi connectivity index (χ3n) is 4.20. The highest BCUT2D eigenvalue weighted by Gasteiger charge is 2.24. The number of anilines is 1. The maximum Gasteiger partial charge on any atom is 0.244 e. The second-order valence-corrected chi connectivity index (χ2v) is 5.81. The molecule has 1 aliphatic rings. The zero-order chi connectivity index (χ0) is 15.9. The highest BCUT2D eigenvalue weighted by molar-refractivity contribution is 5.91. The van der Waals surface area contributed by atoms with Crippen LogP contribution in [0.1, 0.15) is 18.4 Å². The molecule has 1 aliphatic heterocycles. The molecule has 23 heavy (non-hydrogen) atoms. The molecule has 0 aromatic heterocycles. The van der Waals surface area contributed by atoms with E-state index in [0.29, 0.717) is 12.6 Å². The van der Waals surface area contributed by atoms with Crippen LogP contribution in [0.2, 0.25) is 0 Å². The quantitative estimate of drug-likeness (QED) is 0.858. The predicted octanol–water partition coefficient (Wildman–Crippen LogP) is 3.49. The molecule has 3 rings (SSSR count). The molecule has 1 fully saturated rings. The van der Waals surface area contributed by atoms with Gasteiger partial charge in [-0.25, -0.2) is 0 Å². The van der Waals surface area contributed by atoms with Gasteiger partial charge in [0.1, 0.15) is 0 Å². The minimum Gasteiger partial charge on any atom is -0.367 e. The molecule has 1 amide bonds. The van der Waals surface area contributed by atoms with Gasteiger partial charge >= 0.3 is 0 Å². The van der Waals surface area contributed by atoms with Gasteiger partial charge in [-0.1, -0.05) is 48.5 Å². The lowest BCUT2D eigenvalue weighted by molar-refractivity contribution is -0.116. The van der Waals surface area contributed by atoms with Gasteiger partial charge in [0.05, 0.1) is 0 Å². The van der Waals surface area contributed by atoms with Crippen molar-refractivity contribution < 1.29 is 4.79 Å². The Hall–Kier alpha value is -2.55. The van der Waals surface area contributed by atoms with E-state index in [0.717, 1.165) is 18.5 Å². The molecular formula is C20H22N2O. The van der Waals surface area contributed by atoms with Crippen molar-refractivity contribution in [2.45, 2.75) is 18.9 Å². The number of amides is 1. The number of para-hydroxylation sites is 1. The molecular weight excluding hydrogens is 284 g/mol. The zero-order valence-electron chi connectivity index (χ0n) is 13.2. The number of hydrogen-bond acceptors (Lipinski definition) is 2. The number of hydrogen-bond donors (Lipinski definition) is 1. The van der Waals surface area contributed by atoms with Gasteiger partial charge in [-0.05, 0) is 36.6 Å². The van der Waals surface area contributed by atoms with Gasteiger partial charge < -0.3 is 10.2 Å². The van der Waals surface area contributed by atoms with Crippen LogP contribution in [0.15, 0.2) is 66.7 Å². The Labute approximate surface area is 137 Å². The van der Waals surface area contributed by atoms with Crippen LogP contribution in [-0.4, -0.2) is 25.0 Å². The van der Waals surface area contributed by atoms with Gasteiger partial charge in [0.15, 0.2) is 0 Å². The minimum atomic E-state index is -0.0336. The number of rotatable bonds is 5. The van der Waals surface area contributed by atoms with E-state index in [1.165, 1.54) is 12.1 Å². The lowest BCUT2D eigenvalue weighted by Crippen LogP contribution is -2.39. The molecule has 0 aliphatic carbocycles. The van der Waals surface area contributed by atoms with Crippen molar-refractivity contribution in [3.8, 4) is 0 Å². The Morgan fingerprint density at radius 2 is 1.78 bits per heavy atom. The molecule has 0 radical (unpaired) electrons. The van der Waals surface area contributed by atoms with E-state index in [2.05, 4.69) is 34.5 Å². The van der Waals surface area contributed by atoms with Gasteiger partial charge in [-0.2, -0.15) is 0 Å². The molecule has 118 valence electrons. The number of nitrogens with zero attached hydrogens (tertiary/aromatic N) is 1. The van der Waals surface area contributed by atoms with Crippen LogP contribution in [0.3, 0.4) is 0 Å². The van der Waals surface area contributed by atoms with Crippen LogP contribution >= 0.6 is 0 Å². The van der Waals surface area contributed by atoms with Crippen LogP contribution in [-0.2, 0) is 4.79 Å². The molecule has 2 aromatic rings. The Balaban J connectivity index is 1.53. The second kappa shape index (κ2) is 7.63. The number of carbonyl (C=O) groups is 1. The van der Waals surface area contributed by atoms with Crippen molar-refractivity contribution in [2.75, 3.05) is 18.0 Å². The monoisotopic (exact) mass is 306 g/mol. The average molecular weight is 306 g/mol. The first-order chi connectivity index (χ1) is 11.3. The Morgan fingerprint density at radius 1 is 1.09 bits per heavy atom. The van der Waals surface area contributed by atoms with Gasteiger partial charge in [0.25, 0.3) is 0 Å². The SMILES string of the molecule is O=C(/C=C/c1ccccc1)NC[C@@H]1CCCN1c1ccccc1. The van der Waals surface area contributed by atoms with E-state index in [1.807, 2.05) is 42.5 Å². The summed E-state index contributed by atoms with van der Waals surface area (Å²) >= 11 is 0. The van der Waals surface area contributed by atoms with E-state index < -0.39 is 0 Å². The van der Waals surface area contributed by atoms with Crippen molar-refractivity contribution in [1.82, 2.24) is 5.32 Å². The van der Waals surface area contributed by atoms with Crippen molar-refractivity contribution in [3.63, 3.8) is 0 Å². The lowest BCUT2D eigenvalue weighted by Gasteiger charge is -2.26. The topological polar surface area (TPSA) is 32.3 Å². The van der Waals surface area contributed by atoms with E-state index in [1.54, 1.807) is 6.08 Å². The summed E-state index contributed by atoms with van der Waals surface area (Å²) in [4.78, 5) is 14.4. The largest absolute Gasteiger partial charge is 0.367 e. The first kappa shape index (κ1) is 15.3. The Morgan fingerprint density at radius 3 is 2.52 bits per heavy atom. The molecule has 3 heteroatoms. The fourth-order valence-electron chi connectivity index (χ4n) is 3.02. The van der Waals surface area contributed by atoms with Crippen LogP contribution < -0.4 is 10.2 Å². The van der Waals surface area contributed by atoms with E-state index in [-0.39, 0.29) is 5.91 Å². The van der Waals surface area contributed by atoms with E-state index >= 15 is 0 Å². The van der Waals surface area contributed by atoms with Crippen LogP contribution in [0, 0.1) is 0 Å². The van der Waals surface area contributed by atoms with Crippen LogP contribution in [0.5, 0.6) is 0 Å². The molecule has 1 heterocycles. The molecule has 2 aromatic carbocycles. The average Bonchev–Trinajstić information content (AvgIpc) is 3.08. The van der Waals surface area contributed by atoms with Crippen molar-refractivity contribution in [3.05, 3.63) is 72.3 Å². The fraction of sp³-hybridized carbons (Fsp3) is 0.250. The molecule has 1 N–H and O–H groups in total. The van der Waals surface area contributed by atoms with Crippen molar-refractivity contribution in [2.24, 2.45) is 0 Å². The summed E-state index contributed by atoms with van der Waals surface area (Å²) in [5, 5.41) is 3.03. The highest BCUT2D eigenvalue weighted by atomic mass is 16.1. The van der Waals surface area contributed by atoms with E-state index in [9.17, 15) is 4.79 Å². The van der Waals surface area contributed by atoms with Gasteiger partial charge in [0.2, 0.25) is 5.91 Å². The predicted molar refractivity (Wildman–Crippen MR) is 95.3 cm³/mol. The van der Waals surface area contributed by atoms with Gasteiger partial charge in [-0.3, -0.25) is 4.79 Å². The van der Waals surface area contributed by atoms with Crippen molar-refractivity contribution in [1.29, 1.82) is 0 Å². The third-order valence-corrected chi connectivity index (χ3v) is 4.20. The van der Waals surface area contributed by atoms with Gasteiger partial charge in [-0.15, -0.1) is 0 Å². The molecule has 1 atom stereocenters. The molecule has 0 saturated carbocycles. The standard InChI is InChI=1S/C20H22N2O/c23-20(14-13-17-8-3-1-4-9-17)21-16-19-12-7-15-22(19)18-10-5-2-6-11-18/h1-6,8-11,13-14,19H,7,12,15-16H2,(H,21,23)/b14-13+/t19-/m0/s1. The zero-order valence-corrected chi connectivity index (χ0v) is 13.2. The maximum absolute atomic E-state index is 12.0. The fourth-order valence-corrected chi connectivity index (χ4v) is 3.02.